The van der Waals surface area contributed by atoms with Crippen molar-refractivity contribution in [2.75, 3.05) is 37.6 Å². The van der Waals surface area contributed by atoms with Gasteiger partial charge in [-0.05, 0) is 63.9 Å². The summed E-state index contributed by atoms with van der Waals surface area (Å²) in [7, 11) is 0. The Bertz CT molecular complexity index is 609. The molecule has 2 saturated heterocycles. The van der Waals surface area contributed by atoms with E-state index < -0.39 is 0 Å². The third-order valence-corrected chi connectivity index (χ3v) is 5.93. The van der Waals surface area contributed by atoms with Gasteiger partial charge < -0.3 is 9.80 Å². The molecule has 130 valence electrons. The summed E-state index contributed by atoms with van der Waals surface area (Å²) in [4.78, 5) is 20.1. The largest absolute Gasteiger partial charge is 0.310 e. The highest BCUT2D eigenvalue weighted by Gasteiger charge is 2.33. The summed E-state index contributed by atoms with van der Waals surface area (Å²) in [5, 5.41) is 0. The topological polar surface area (TPSA) is 26.8 Å². The summed E-state index contributed by atoms with van der Waals surface area (Å²) in [5.41, 5.74) is 3.77. The van der Waals surface area contributed by atoms with E-state index in [0.717, 1.165) is 25.3 Å². The molecule has 3 heterocycles. The molecule has 1 amide bonds. The molecular weight excluding hydrogens is 298 g/mol. The van der Waals surface area contributed by atoms with Crippen LogP contribution in [0.3, 0.4) is 0 Å². The summed E-state index contributed by atoms with van der Waals surface area (Å²) in [5.74, 6) is 0.306. The Morgan fingerprint density at radius 3 is 2.83 bits per heavy atom. The molecule has 0 saturated carbocycles. The predicted octanol–water partition coefficient (Wildman–Crippen LogP) is 2.79. The molecule has 0 radical (unpaired) electrons. The zero-order valence-electron chi connectivity index (χ0n) is 14.8. The number of amides is 1. The highest BCUT2D eigenvalue weighted by atomic mass is 16.2. The van der Waals surface area contributed by atoms with Crippen molar-refractivity contribution < 1.29 is 4.79 Å². The van der Waals surface area contributed by atoms with Crippen molar-refractivity contribution in [2.45, 2.75) is 51.6 Å². The molecule has 0 aliphatic carbocycles. The maximum atomic E-state index is 13.0. The number of hydrogen-bond acceptors (Lipinski definition) is 3. The van der Waals surface area contributed by atoms with Crippen molar-refractivity contribution in [1.29, 1.82) is 0 Å². The first-order valence-corrected chi connectivity index (χ1v) is 9.57. The fourth-order valence-corrected chi connectivity index (χ4v) is 4.57. The molecule has 3 aliphatic heterocycles. The number of nitrogens with zero attached hydrogens (tertiary/aromatic N) is 3. The molecule has 24 heavy (non-hydrogen) atoms. The van der Waals surface area contributed by atoms with Crippen LogP contribution in [0.4, 0.5) is 5.69 Å². The van der Waals surface area contributed by atoms with Crippen LogP contribution in [-0.2, 0) is 11.3 Å². The number of carbonyl (C=O) groups is 1. The Morgan fingerprint density at radius 1 is 1.17 bits per heavy atom. The van der Waals surface area contributed by atoms with E-state index in [9.17, 15) is 4.79 Å². The monoisotopic (exact) mass is 327 g/mol. The lowest BCUT2D eigenvalue weighted by atomic mass is 10.1. The van der Waals surface area contributed by atoms with Gasteiger partial charge in [-0.15, -0.1) is 0 Å². The Balaban J connectivity index is 1.54. The van der Waals surface area contributed by atoms with Crippen LogP contribution in [0.15, 0.2) is 18.2 Å². The van der Waals surface area contributed by atoms with E-state index in [2.05, 4.69) is 39.8 Å². The number of likely N-dealkylation sites (tertiary alicyclic amines) is 1. The highest BCUT2D eigenvalue weighted by Crippen LogP contribution is 2.32. The average Bonchev–Trinajstić information content (AvgIpc) is 3.21. The van der Waals surface area contributed by atoms with Crippen LogP contribution in [0.2, 0.25) is 0 Å². The first-order valence-electron chi connectivity index (χ1n) is 9.57. The van der Waals surface area contributed by atoms with Crippen LogP contribution >= 0.6 is 0 Å². The lowest BCUT2D eigenvalue weighted by Crippen LogP contribution is -2.41. The van der Waals surface area contributed by atoms with E-state index in [0.29, 0.717) is 18.4 Å². The molecule has 1 aromatic carbocycles. The Labute approximate surface area is 145 Å². The van der Waals surface area contributed by atoms with Crippen LogP contribution in [0.5, 0.6) is 0 Å². The third kappa shape index (κ3) is 3.22. The maximum Gasteiger partial charge on any atom is 0.228 e. The molecule has 2 fully saturated rings. The molecule has 4 rings (SSSR count). The number of benzene rings is 1. The fourth-order valence-electron chi connectivity index (χ4n) is 4.57. The van der Waals surface area contributed by atoms with Crippen molar-refractivity contribution in [3.8, 4) is 0 Å². The van der Waals surface area contributed by atoms with Crippen molar-refractivity contribution in [2.24, 2.45) is 0 Å². The standard InChI is InChI=1S/C20H29N3O/c1-16-6-7-19-17(13-16)14-22-11-4-5-18(22)15-23(19)20(24)8-12-21-9-2-3-10-21/h6-7,13,18H,2-5,8-12,14-15H2,1H3. The lowest BCUT2D eigenvalue weighted by Gasteiger charge is -2.27. The molecule has 1 unspecified atom stereocenters. The van der Waals surface area contributed by atoms with Crippen LogP contribution in [-0.4, -0.2) is 54.5 Å². The highest BCUT2D eigenvalue weighted by molar-refractivity contribution is 5.94. The fraction of sp³-hybridized carbons (Fsp3) is 0.650. The minimum absolute atomic E-state index is 0.306. The Hall–Kier alpha value is -1.39. The number of carbonyl (C=O) groups excluding carboxylic acids is 1. The van der Waals surface area contributed by atoms with E-state index in [4.69, 9.17) is 0 Å². The van der Waals surface area contributed by atoms with Gasteiger partial charge in [0, 0.05) is 37.8 Å². The molecule has 4 nitrogen and oxygen atoms in total. The van der Waals surface area contributed by atoms with Gasteiger partial charge >= 0.3 is 0 Å². The van der Waals surface area contributed by atoms with Gasteiger partial charge in [-0.2, -0.15) is 0 Å². The van der Waals surface area contributed by atoms with Gasteiger partial charge in [-0.1, -0.05) is 17.7 Å². The zero-order chi connectivity index (χ0) is 16.5. The molecule has 3 aliphatic rings. The van der Waals surface area contributed by atoms with E-state index in [1.54, 1.807) is 0 Å². The smallest absolute Gasteiger partial charge is 0.228 e. The van der Waals surface area contributed by atoms with Gasteiger partial charge in [0.1, 0.15) is 0 Å². The second-order valence-electron chi connectivity index (χ2n) is 7.70. The third-order valence-electron chi connectivity index (χ3n) is 5.93. The Morgan fingerprint density at radius 2 is 2.00 bits per heavy atom. The van der Waals surface area contributed by atoms with E-state index in [1.165, 1.54) is 56.4 Å². The van der Waals surface area contributed by atoms with Gasteiger partial charge in [0.2, 0.25) is 5.91 Å². The van der Waals surface area contributed by atoms with Crippen molar-refractivity contribution >= 4 is 11.6 Å². The zero-order valence-corrected chi connectivity index (χ0v) is 14.8. The van der Waals surface area contributed by atoms with Gasteiger partial charge in [0.25, 0.3) is 0 Å². The predicted molar refractivity (Wildman–Crippen MR) is 97.3 cm³/mol. The molecule has 4 heteroatoms. The quantitative estimate of drug-likeness (QED) is 0.854. The number of aryl methyl sites for hydroxylation is 1. The normalized spacial score (nSPS) is 24.7. The van der Waals surface area contributed by atoms with Crippen LogP contribution in [0.1, 0.15) is 43.2 Å². The average molecular weight is 327 g/mol. The first-order chi connectivity index (χ1) is 11.7. The first kappa shape index (κ1) is 16.1. The summed E-state index contributed by atoms with van der Waals surface area (Å²) in [6.07, 6.45) is 5.72. The number of anilines is 1. The van der Waals surface area contributed by atoms with Crippen LogP contribution in [0, 0.1) is 6.92 Å². The van der Waals surface area contributed by atoms with E-state index >= 15 is 0 Å². The van der Waals surface area contributed by atoms with E-state index in [-0.39, 0.29) is 0 Å². The number of rotatable bonds is 3. The van der Waals surface area contributed by atoms with Crippen molar-refractivity contribution in [3.63, 3.8) is 0 Å². The minimum atomic E-state index is 0.306. The lowest BCUT2D eigenvalue weighted by molar-refractivity contribution is -0.119. The second kappa shape index (κ2) is 6.85. The van der Waals surface area contributed by atoms with Gasteiger partial charge in [0.05, 0.1) is 0 Å². The molecular formula is C20H29N3O. The van der Waals surface area contributed by atoms with Crippen LogP contribution < -0.4 is 4.90 Å². The van der Waals surface area contributed by atoms with Gasteiger partial charge in [-0.25, -0.2) is 0 Å². The van der Waals surface area contributed by atoms with Crippen molar-refractivity contribution in [3.05, 3.63) is 29.3 Å². The molecule has 0 bridgehead atoms. The number of fused-ring (bicyclic) bond motifs is 2. The number of hydrogen-bond donors (Lipinski definition) is 0. The summed E-state index contributed by atoms with van der Waals surface area (Å²) in [6.45, 7) is 8.44. The van der Waals surface area contributed by atoms with Gasteiger partial charge in [-0.3, -0.25) is 9.69 Å². The molecule has 1 atom stereocenters. The summed E-state index contributed by atoms with van der Waals surface area (Å²) >= 11 is 0. The van der Waals surface area contributed by atoms with Crippen LogP contribution in [0.25, 0.3) is 0 Å². The summed E-state index contributed by atoms with van der Waals surface area (Å²) in [6, 6.07) is 7.13. The summed E-state index contributed by atoms with van der Waals surface area (Å²) < 4.78 is 0. The Kier molecular flexibility index (Phi) is 4.59. The van der Waals surface area contributed by atoms with E-state index in [1.807, 2.05) is 0 Å². The van der Waals surface area contributed by atoms with Gasteiger partial charge in [0.15, 0.2) is 0 Å². The molecule has 1 aromatic rings. The van der Waals surface area contributed by atoms with Crippen molar-refractivity contribution in [1.82, 2.24) is 9.80 Å². The second-order valence-corrected chi connectivity index (χ2v) is 7.70. The maximum absolute atomic E-state index is 13.0. The molecule has 0 N–H and O–H groups in total. The molecule has 0 spiro atoms. The SMILES string of the molecule is Cc1ccc2c(c1)CN1CCCC1CN2C(=O)CCN1CCCC1. The minimum Gasteiger partial charge on any atom is -0.310 e. The molecule has 0 aromatic heterocycles.